The summed E-state index contributed by atoms with van der Waals surface area (Å²) in [5.74, 6) is 0.559. The van der Waals surface area contributed by atoms with E-state index in [2.05, 4.69) is 19.8 Å². The fourth-order valence-corrected chi connectivity index (χ4v) is 3.90. The molecule has 2 unspecified atom stereocenters. The molecule has 6 heteroatoms. The number of rotatable bonds is 4. The van der Waals surface area contributed by atoms with Crippen molar-refractivity contribution in [1.82, 2.24) is 14.9 Å². The molecule has 2 aromatic rings. The molecular weight excluding hydrogens is 319 g/mol. The summed E-state index contributed by atoms with van der Waals surface area (Å²) in [5.41, 5.74) is 1.07. The number of hydrogen-bond donors (Lipinski definition) is 0. The van der Waals surface area contributed by atoms with Gasteiger partial charge in [-0.2, -0.15) is 0 Å². The molecule has 5 nitrogen and oxygen atoms in total. The molecule has 1 aromatic heterocycles. The molecule has 1 aromatic carbocycles. The average Bonchev–Trinajstić information content (AvgIpc) is 3.24. The first-order chi connectivity index (χ1) is 12.1. The molecule has 0 bridgehead atoms. The molecule has 2 fully saturated rings. The van der Waals surface area contributed by atoms with Crippen molar-refractivity contribution in [3.05, 3.63) is 54.1 Å². The molecule has 0 aliphatic carbocycles. The van der Waals surface area contributed by atoms with Crippen molar-refractivity contribution in [1.29, 1.82) is 0 Å². The molecule has 25 heavy (non-hydrogen) atoms. The van der Waals surface area contributed by atoms with E-state index in [0.29, 0.717) is 12.6 Å². The highest BCUT2D eigenvalue weighted by Crippen LogP contribution is 2.37. The van der Waals surface area contributed by atoms with Crippen LogP contribution < -0.4 is 4.90 Å². The van der Waals surface area contributed by atoms with Gasteiger partial charge in [0.1, 0.15) is 5.82 Å². The molecule has 132 valence electrons. The Hall–Kier alpha value is -2.05. The predicted octanol–water partition coefficient (Wildman–Crippen LogP) is 2.49. The Labute approximate surface area is 147 Å². The Balaban J connectivity index is 1.37. The average molecular weight is 342 g/mol. The maximum atomic E-state index is 13.1. The fraction of sp³-hybridized carbons (Fsp3) is 0.474. The number of benzene rings is 1. The van der Waals surface area contributed by atoms with Gasteiger partial charge in [0.05, 0.1) is 18.2 Å². The van der Waals surface area contributed by atoms with E-state index in [1.165, 1.54) is 12.1 Å². The summed E-state index contributed by atoms with van der Waals surface area (Å²) in [5, 5.41) is 0. The lowest BCUT2D eigenvalue weighted by Crippen LogP contribution is -2.36. The molecular formula is C19H23FN4O. The van der Waals surface area contributed by atoms with Crippen LogP contribution in [0.15, 0.2) is 42.7 Å². The maximum Gasteiger partial charge on any atom is 0.225 e. The smallest absolute Gasteiger partial charge is 0.225 e. The molecule has 2 aliphatic heterocycles. The summed E-state index contributed by atoms with van der Waals surface area (Å²) < 4.78 is 19.3. The lowest BCUT2D eigenvalue weighted by Gasteiger charge is -2.26. The molecule has 2 atom stereocenters. The van der Waals surface area contributed by atoms with Crippen molar-refractivity contribution in [2.24, 2.45) is 0 Å². The summed E-state index contributed by atoms with van der Waals surface area (Å²) >= 11 is 0. The second kappa shape index (κ2) is 6.69. The molecule has 2 aliphatic rings. The molecule has 0 saturated carbocycles. The van der Waals surface area contributed by atoms with Crippen LogP contribution in [0.25, 0.3) is 0 Å². The number of ether oxygens (including phenoxy) is 1. The fourth-order valence-electron chi connectivity index (χ4n) is 3.90. The number of anilines is 1. The van der Waals surface area contributed by atoms with Gasteiger partial charge in [-0.1, -0.05) is 12.1 Å². The van der Waals surface area contributed by atoms with E-state index >= 15 is 0 Å². The molecule has 1 spiro atoms. The van der Waals surface area contributed by atoms with Crippen LogP contribution in [-0.2, 0) is 11.3 Å². The minimum Gasteiger partial charge on any atom is -0.371 e. The SMILES string of the molecule is CN(c1ncccn1)C1COC2(CCN(Cc3ccc(F)cc3)C2)C1. The topological polar surface area (TPSA) is 41.5 Å². The van der Waals surface area contributed by atoms with Crippen LogP contribution >= 0.6 is 0 Å². The second-order valence-corrected chi connectivity index (χ2v) is 7.10. The second-order valence-electron chi connectivity index (χ2n) is 7.10. The largest absolute Gasteiger partial charge is 0.371 e. The zero-order chi connectivity index (χ0) is 17.3. The normalized spacial score (nSPS) is 26.4. The minimum absolute atomic E-state index is 0.0757. The zero-order valence-corrected chi connectivity index (χ0v) is 14.4. The van der Waals surface area contributed by atoms with Crippen LogP contribution in [0.3, 0.4) is 0 Å². The highest BCUT2D eigenvalue weighted by Gasteiger charge is 2.46. The first kappa shape index (κ1) is 16.4. The van der Waals surface area contributed by atoms with Crippen LogP contribution in [0.1, 0.15) is 18.4 Å². The number of likely N-dealkylation sites (N-methyl/N-ethyl adjacent to an activating group) is 1. The van der Waals surface area contributed by atoms with E-state index in [1.807, 2.05) is 25.2 Å². The summed E-state index contributed by atoms with van der Waals surface area (Å²) in [6, 6.07) is 8.90. The number of nitrogens with zero attached hydrogens (tertiary/aromatic N) is 4. The molecule has 0 N–H and O–H groups in total. The van der Waals surface area contributed by atoms with E-state index < -0.39 is 0 Å². The zero-order valence-electron chi connectivity index (χ0n) is 14.4. The van der Waals surface area contributed by atoms with E-state index in [4.69, 9.17) is 4.74 Å². The van der Waals surface area contributed by atoms with E-state index in [1.54, 1.807) is 12.4 Å². The highest BCUT2D eigenvalue weighted by atomic mass is 19.1. The van der Waals surface area contributed by atoms with Gasteiger partial charge in [-0.05, 0) is 30.2 Å². The van der Waals surface area contributed by atoms with Crippen molar-refractivity contribution < 1.29 is 9.13 Å². The van der Waals surface area contributed by atoms with Crippen molar-refractivity contribution in [3.8, 4) is 0 Å². The number of halogens is 1. The van der Waals surface area contributed by atoms with Gasteiger partial charge in [-0.3, -0.25) is 4.90 Å². The lowest BCUT2D eigenvalue weighted by atomic mass is 9.97. The van der Waals surface area contributed by atoms with Crippen LogP contribution in [-0.4, -0.2) is 53.3 Å². The van der Waals surface area contributed by atoms with E-state index in [9.17, 15) is 4.39 Å². The van der Waals surface area contributed by atoms with Crippen LogP contribution in [0.2, 0.25) is 0 Å². The highest BCUT2D eigenvalue weighted by molar-refractivity contribution is 5.30. The Bertz CT molecular complexity index is 711. The number of hydrogen-bond acceptors (Lipinski definition) is 5. The molecule has 0 radical (unpaired) electrons. The van der Waals surface area contributed by atoms with Crippen LogP contribution in [0.5, 0.6) is 0 Å². The van der Waals surface area contributed by atoms with Crippen molar-refractivity contribution in [3.63, 3.8) is 0 Å². The van der Waals surface area contributed by atoms with Crippen molar-refractivity contribution >= 4 is 5.95 Å². The summed E-state index contributed by atoms with van der Waals surface area (Å²) in [6.07, 6.45) is 5.56. The Morgan fingerprint density at radius 3 is 2.80 bits per heavy atom. The standard InChI is InChI=1S/C19H23FN4O/c1-23(18-21-8-2-9-22-18)17-11-19(25-13-17)7-10-24(14-19)12-15-3-5-16(20)6-4-15/h2-6,8-9,17H,7,10-14H2,1H3. The summed E-state index contributed by atoms with van der Waals surface area (Å²) in [6.45, 7) is 3.48. The summed E-state index contributed by atoms with van der Waals surface area (Å²) in [7, 11) is 2.04. The van der Waals surface area contributed by atoms with Crippen molar-refractivity contribution in [2.75, 3.05) is 31.6 Å². The predicted molar refractivity (Wildman–Crippen MR) is 93.8 cm³/mol. The molecule has 3 heterocycles. The Morgan fingerprint density at radius 2 is 2.04 bits per heavy atom. The van der Waals surface area contributed by atoms with Gasteiger partial charge in [0.25, 0.3) is 0 Å². The van der Waals surface area contributed by atoms with Crippen LogP contribution in [0, 0.1) is 5.82 Å². The van der Waals surface area contributed by atoms with Gasteiger partial charge in [0.15, 0.2) is 0 Å². The third kappa shape index (κ3) is 3.50. The number of likely N-dealkylation sites (tertiary alicyclic amines) is 1. The van der Waals surface area contributed by atoms with Gasteiger partial charge in [-0.25, -0.2) is 14.4 Å². The van der Waals surface area contributed by atoms with Gasteiger partial charge in [0, 0.05) is 45.5 Å². The van der Waals surface area contributed by atoms with Crippen molar-refractivity contribution in [2.45, 2.75) is 31.0 Å². The minimum atomic E-state index is -0.185. The Kier molecular flexibility index (Phi) is 4.39. The quantitative estimate of drug-likeness (QED) is 0.854. The first-order valence-electron chi connectivity index (χ1n) is 8.74. The maximum absolute atomic E-state index is 13.1. The van der Waals surface area contributed by atoms with Crippen LogP contribution in [0.4, 0.5) is 10.3 Å². The molecule has 2 saturated heterocycles. The monoisotopic (exact) mass is 342 g/mol. The van der Waals surface area contributed by atoms with E-state index in [-0.39, 0.29) is 11.4 Å². The van der Waals surface area contributed by atoms with Gasteiger partial charge >= 0.3 is 0 Å². The first-order valence-corrected chi connectivity index (χ1v) is 8.74. The molecule has 0 amide bonds. The van der Waals surface area contributed by atoms with E-state index in [0.717, 1.165) is 44.0 Å². The third-order valence-electron chi connectivity index (χ3n) is 5.32. The lowest BCUT2D eigenvalue weighted by molar-refractivity contribution is 0.0118. The Morgan fingerprint density at radius 1 is 1.28 bits per heavy atom. The van der Waals surface area contributed by atoms with Gasteiger partial charge < -0.3 is 9.64 Å². The summed E-state index contributed by atoms with van der Waals surface area (Å²) in [4.78, 5) is 13.2. The van der Waals surface area contributed by atoms with Gasteiger partial charge in [-0.15, -0.1) is 0 Å². The number of aromatic nitrogens is 2. The molecule has 4 rings (SSSR count). The third-order valence-corrected chi connectivity index (χ3v) is 5.32. The van der Waals surface area contributed by atoms with Gasteiger partial charge in [0.2, 0.25) is 5.95 Å².